The number of carbonyl (C=O) groups is 1. The molecule has 2 atom stereocenters. The van der Waals surface area contributed by atoms with Crippen LogP contribution in [0.2, 0.25) is 0 Å². The van der Waals surface area contributed by atoms with Crippen molar-refractivity contribution in [2.45, 2.75) is 18.3 Å². The smallest absolute Gasteiger partial charge is 0.320 e. The van der Waals surface area contributed by atoms with E-state index in [9.17, 15) is 18.0 Å². The van der Waals surface area contributed by atoms with Crippen LogP contribution in [-0.4, -0.2) is 55.6 Å². The Labute approximate surface area is 85.6 Å². The Bertz CT molecular complexity index is 244. The number of ketones is 1. The molecule has 2 unspecified atom stereocenters. The van der Waals surface area contributed by atoms with E-state index in [0.717, 1.165) is 6.54 Å². The molecule has 1 saturated heterocycles. The number of alkyl halides is 3. The van der Waals surface area contributed by atoms with Gasteiger partial charge in [-0.3, -0.25) is 4.79 Å². The van der Waals surface area contributed by atoms with Gasteiger partial charge in [0.15, 0.2) is 0 Å². The van der Waals surface area contributed by atoms with Crippen molar-refractivity contribution in [1.82, 2.24) is 10.2 Å². The molecule has 0 aromatic heterocycles. The van der Waals surface area contributed by atoms with E-state index >= 15 is 0 Å². The molecule has 0 aliphatic carbocycles. The number of nitrogens with two attached hydrogens (primary N) is 1. The molecule has 1 aliphatic heterocycles. The summed E-state index contributed by atoms with van der Waals surface area (Å²) < 4.78 is 36.2. The van der Waals surface area contributed by atoms with Crippen LogP contribution < -0.4 is 11.1 Å². The molecule has 1 aliphatic rings. The maximum absolute atomic E-state index is 12.1. The van der Waals surface area contributed by atoms with Gasteiger partial charge in [-0.05, 0) is 7.05 Å². The third kappa shape index (κ3) is 3.15. The standard InChI is InChI=1S/C8H14F3N3O/c1-14-3-2-13-5(4-14)6(12)7(15)8(9,10)11/h5-6,13H,2-4,12H2,1H3. The highest BCUT2D eigenvalue weighted by Crippen LogP contribution is 2.19. The molecule has 0 bridgehead atoms. The van der Waals surface area contributed by atoms with Crippen molar-refractivity contribution in [2.75, 3.05) is 26.7 Å². The van der Waals surface area contributed by atoms with Crippen molar-refractivity contribution < 1.29 is 18.0 Å². The summed E-state index contributed by atoms with van der Waals surface area (Å²) >= 11 is 0. The summed E-state index contributed by atoms with van der Waals surface area (Å²) in [5, 5.41) is 2.81. The minimum Gasteiger partial charge on any atom is -0.320 e. The molecule has 0 aromatic rings. The van der Waals surface area contributed by atoms with Gasteiger partial charge in [0.2, 0.25) is 0 Å². The minimum atomic E-state index is -4.85. The molecule has 88 valence electrons. The van der Waals surface area contributed by atoms with Crippen LogP contribution in [0.5, 0.6) is 0 Å². The van der Waals surface area contributed by atoms with Crippen molar-refractivity contribution >= 4 is 5.78 Å². The maximum Gasteiger partial charge on any atom is 0.451 e. The Morgan fingerprint density at radius 3 is 2.67 bits per heavy atom. The Kier molecular flexibility index (Phi) is 3.69. The second-order valence-electron chi connectivity index (χ2n) is 3.71. The van der Waals surface area contributed by atoms with Gasteiger partial charge in [0.25, 0.3) is 5.78 Å². The lowest BCUT2D eigenvalue weighted by atomic mass is 10.0. The van der Waals surface area contributed by atoms with Gasteiger partial charge in [0, 0.05) is 25.7 Å². The maximum atomic E-state index is 12.1. The number of nitrogens with zero attached hydrogens (tertiary/aromatic N) is 1. The van der Waals surface area contributed by atoms with Gasteiger partial charge in [-0.2, -0.15) is 13.2 Å². The number of piperazine rings is 1. The Morgan fingerprint density at radius 1 is 1.60 bits per heavy atom. The van der Waals surface area contributed by atoms with Gasteiger partial charge in [0.1, 0.15) is 0 Å². The predicted molar refractivity (Wildman–Crippen MR) is 48.3 cm³/mol. The summed E-state index contributed by atoms with van der Waals surface area (Å²) in [4.78, 5) is 12.7. The molecule has 3 N–H and O–H groups in total. The van der Waals surface area contributed by atoms with Crippen LogP contribution in [0.3, 0.4) is 0 Å². The van der Waals surface area contributed by atoms with Crippen LogP contribution in [0.4, 0.5) is 13.2 Å². The molecule has 1 heterocycles. The van der Waals surface area contributed by atoms with E-state index in [1.807, 2.05) is 4.90 Å². The van der Waals surface area contributed by atoms with Crippen LogP contribution in [-0.2, 0) is 4.79 Å². The molecule has 0 radical (unpaired) electrons. The highest BCUT2D eigenvalue weighted by atomic mass is 19.4. The Morgan fingerprint density at radius 2 is 2.20 bits per heavy atom. The number of hydrogen-bond acceptors (Lipinski definition) is 4. The first-order chi connectivity index (χ1) is 6.82. The first kappa shape index (κ1) is 12.4. The lowest BCUT2D eigenvalue weighted by Crippen LogP contribution is -2.61. The molecular weight excluding hydrogens is 211 g/mol. The van der Waals surface area contributed by atoms with E-state index in [1.165, 1.54) is 0 Å². The summed E-state index contributed by atoms with van der Waals surface area (Å²) in [7, 11) is 1.78. The Balaban J connectivity index is 2.59. The van der Waals surface area contributed by atoms with E-state index in [4.69, 9.17) is 5.73 Å². The molecule has 4 nitrogen and oxygen atoms in total. The van der Waals surface area contributed by atoms with Crippen molar-refractivity contribution in [3.63, 3.8) is 0 Å². The van der Waals surface area contributed by atoms with Crippen LogP contribution >= 0.6 is 0 Å². The number of likely N-dealkylation sites (N-methyl/N-ethyl adjacent to an activating group) is 1. The molecule has 0 aromatic carbocycles. The van der Waals surface area contributed by atoms with Gasteiger partial charge in [0.05, 0.1) is 6.04 Å². The van der Waals surface area contributed by atoms with Crippen LogP contribution in [0.1, 0.15) is 0 Å². The van der Waals surface area contributed by atoms with E-state index in [2.05, 4.69) is 5.32 Å². The number of hydrogen-bond donors (Lipinski definition) is 2. The van der Waals surface area contributed by atoms with E-state index < -0.39 is 24.0 Å². The number of nitrogens with one attached hydrogen (secondary N) is 1. The van der Waals surface area contributed by atoms with Gasteiger partial charge in [-0.1, -0.05) is 0 Å². The fourth-order valence-electron chi connectivity index (χ4n) is 1.54. The van der Waals surface area contributed by atoms with Gasteiger partial charge in [-0.15, -0.1) is 0 Å². The summed E-state index contributed by atoms with van der Waals surface area (Å²) in [6.45, 7) is 1.63. The highest BCUT2D eigenvalue weighted by molar-refractivity contribution is 5.89. The first-order valence-electron chi connectivity index (χ1n) is 4.61. The third-order valence-electron chi connectivity index (χ3n) is 2.42. The topological polar surface area (TPSA) is 58.4 Å². The van der Waals surface area contributed by atoms with Crippen LogP contribution in [0, 0.1) is 0 Å². The van der Waals surface area contributed by atoms with Crippen molar-refractivity contribution in [3.05, 3.63) is 0 Å². The molecule has 0 amide bonds. The zero-order chi connectivity index (χ0) is 11.6. The zero-order valence-corrected chi connectivity index (χ0v) is 8.34. The van der Waals surface area contributed by atoms with E-state index in [1.54, 1.807) is 7.05 Å². The van der Waals surface area contributed by atoms with Crippen LogP contribution in [0.15, 0.2) is 0 Å². The van der Waals surface area contributed by atoms with Crippen molar-refractivity contribution in [2.24, 2.45) is 5.73 Å². The van der Waals surface area contributed by atoms with Gasteiger partial charge in [-0.25, -0.2) is 0 Å². The van der Waals surface area contributed by atoms with Crippen molar-refractivity contribution in [1.29, 1.82) is 0 Å². The first-order valence-corrected chi connectivity index (χ1v) is 4.61. The average molecular weight is 225 g/mol. The van der Waals surface area contributed by atoms with E-state index in [0.29, 0.717) is 13.1 Å². The third-order valence-corrected chi connectivity index (χ3v) is 2.42. The fourth-order valence-corrected chi connectivity index (χ4v) is 1.54. The monoisotopic (exact) mass is 225 g/mol. The molecule has 0 saturated carbocycles. The number of rotatable bonds is 2. The fraction of sp³-hybridized carbons (Fsp3) is 0.875. The van der Waals surface area contributed by atoms with Gasteiger partial charge < -0.3 is 16.0 Å². The lowest BCUT2D eigenvalue weighted by molar-refractivity contribution is -0.173. The largest absolute Gasteiger partial charge is 0.451 e. The molecule has 15 heavy (non-hydrogen) atoms. The quantitative estimate of drug-likeness (QED) is 0.655. The molecule has 1 fully saturated rings. The van der Waals surface area contributed by atoms with Gasteiger partial charge >= 0.3 is 6.18 Å². The summed E-state index contributed by atoms with van der Waals surface area (Å²) in [5.74, 6) is -1.87. The minimum absolute atomic E-state index is 0.350. The molecule has 0 spiro atoms. The number of carbonyl (C=O) groups excluding carboxylic acids is 1. The lowest BCUT2D eigenvalue weighted by Gasteiger charge is -2.33. The molecule has 1 rings (SSSR count). The normalized spacial score (nSPS) is 26.3. The highest BCUT2D eigenvalue weighted by Gasteiger charge is 2.44. The molecular formula is C8H14F3N3O. The average Bonchev–Trinajstić information content (AvgIpc) is 2.14. The second kappa shape index (κ2) is 4.46. The zero-order valence-electron chi connectivity index (χ0n) is 8.34. The summed E-state index contributed by atoms with van der Waals surface area (Å²) in [5.41, 5.74) is 5.28. The molecule has 7 heteroatoms. The summed E-state index contributed by atoms with van der Waals surface area (Å²) in [6, 6.07) is -2.15. The van der Waals surface area contributed by atoms with Crippen LogP contribution in [0.25, 0.3) is 0 Å². The second-order valence-corrected chi connectivity index (χ2v) is 3.71. The van der Waals surface area contributed by atoms with Crippen molar-refractivity contribution in [3.8, 4) is 0 Å². The summed E-state index contributed by atoms with van der Waals surface area (Å²) in [6.07, 6.45) is -4.85. The SMILES string of the molecule is CN1CCNC(C(N)C(=O)C(F)(F)F)C1. The number of Topliss-reactive ketones (excluding diaryl/α,β-unsaturated/α-hetero) is 1. The number of halogens is 3. The van der Waals surface area contributed by atoms with E-state index in [-0.39, 0.29) is 0 Å². The Hall–Kier alpha value is -0.660. The predicted octanol–water partition coefficient (Wildman–Crippen LogP) is -0.651.